The monoisotopic (exact) mass is 453 g/mol. The molecule has 1 heterocycles. The van der Waals surface area contributed by atoms with Crippen molar-refractivity contribution in [3.8, 4) is 11.1 Å². The van der Waals surface area contributed by atoms with Crippen molar-refractivity contribution in [3.63, 3.8) is 0 Å². The zero-order valence-corrected chi connectivity index (χ0v) is 18.9. The molecule has 0 saturated heterocycles. The molecule has 3 aromatic rings. The number of carbonyl (C=O) groups excluding carboxylic acids is 1. The highest BCUT2D eigenvalue weighted by atomic mass is 32.2. The van der Waals surface area contributed by atoms with Gasteiger partial charge < -0.3 is 15.8 Å². The number of sulfonamides is 1. The fraction of sp³-hybridized carbons (Fsp3) is 0.292. The summed E-state index contributed by atoms with van der Waals surface area (Å²) >= 11 is 0. The van der Waals surface area contributed by atoms with Gasteiger partial charge in [-0.1, -0.05) is 24.8 Å². The molecule has 1 aromatic heterocycles. The molecule has 0 spiro atoms. The zero-order chi connectivity index (χ0) is 23.3. The molecule has 8 heteroatoms. The van der Waals surface area contributed by atoms with Crippen molar-refractivity contribution in [1.29, 1.82) is 0 Å². The van der Waals surface area contributed by atoms with Gasteiger partial charge in [0.25, 0.3) is 15.9 Å². The van der Waals surface area contributed by atoms with Crippen LogP contribution in [0.4, 0.5) is 5.69 Å². The molecule has 0 fully saturated rings. The van der Waals surface area contributed by atoms with Crippen LogP contribution in [0.1, 0.15) is 41.9 Å². The lowest BCUT2D eigenvalue weighted by molar-refractivity contribution is 0.0107. The summed E-state index contributed by atoms with van der Waals surface area (Å²) in [4.78, 5) is 15.5. The minimum absolute atomic E-state index is 0.0974. The smallest absolute Gasteiger partial charge is 0.254 e. The van der Waals surface area contributed by atoms with Gasteiger partial charge in [-0.05, 0) is 73.9 Å². The molecule has 1 unspecified atom stereocenters. The van der Waals surface area contributed by atoms with Crippen molar-refractivity contribution >= 4 is 32.5 Å². The Balaban J connectivity index is 1.89. The summed E-state index contributed by atoms with van der Waals surface area (Å²) in [5.41, 5.74) is 10.1. The molecule has 4 rings (SSSR count). The Morgan fingerprint density at radius 3 is 2.72 bits per heavy atom. The Kier molecular flexibility index (Phi) is 5.38. The zero-order valence-electron chi connectivity index (χ0n) is 18.1. The first-order valence-corrected chi connectivity index (χ1v) is 12.0. The highest BCUT2D eigenvalue weighted by Gasteiger charge is 2.33. The maximum Gasteiger partial charge on any atom is 0.254 e. The van der Waals surface area contributed by atoms with E-state index in [2.05, 4.69) is 16.3 Å². The van der Waals surface area contributed by atoms with Gasteiger partial charge in [0.05, 0.1) is 16.7 Å². The van der Waals surface area contributed by atoms with Gasteiger partial charge in [0.1, 0.15) is 0 Å². The number of nitrogens with two attached hydrogens (primary N) is 1. The number of hydrogen-bond donors (Lipinski definition) is 4. The van der Waals surface area contributed by atoms with Crippen molar-refractivity contribution in [1.82, 2.24) is 4.98 Å². The molecule has 1 aliphatic carbocycles. The quantitative estimate of drug-likeness (QED) is 0.454. The van der Waals surface area contributed by atoms with Crippen molar-refractivity contribution in [2.75, 3.05) is 4.72 Å². The first kappa shape index (κ1) is 22.1. The predicted octanol–water partition coefficient (Wildman–Crippen LogP) is 3.69. The van der Waals surface area contributed by atoms with Crippen molar-refractivity contribution in [3.05, 3.63) is 65.2 Å². The average Bonchev–Trinajstić information content (AvgIpc) is 3.11. The molecule has 7 nitrogen and oxygen atoms in total. The SMILES string of the molecule is C=CS(=O)(=O)Nc1cccc(-c2ccc(C(N)=O)c3[nH]c4c(c23)CCC(C(C)(C)O)C4)c1. The number of primary amides is 1. The van der Waals surface area contributed by atoms with Gasteiger partial charge in [-0.15, -0.1) is 0 Å². The van der Waals surface area contributed by atoms with E-state index in [1.807, 2.05) is 26.0 Å². The van der Waals surface area contributed by atoms with Crippen molar-refractivity contribution < 1.29 is 18.3 Å². The number of amides is 1. The fourth-order valence-corrected chi connectivity index (χ4v) is 5.08. The number of aryl methyl sites for hydroxylation is 1. The van der Waals surface area contributed by atoms with Gasteiger partial charge in [-0.25, -0.2) is 8.42 Å². The summed E-state index contributed by atoms with van der Waals surface area (Å²) in [6.07, 6.45) is 2.25. The Labute approximate surface area is 187 Å². The maximum absolute atomic E-state index is 12.1. The molecule has 0 aliphatic heterocycles. The second-order valence-electron chi connectivity index (χ2n) is 8.84. The highest BCUT2D eigenvalue weighted by Crippen LogP contribution is 2.41. The third-order valence-electron chi connectivity index (χ3n) is 6.26. The van der Waals surface area contributed by atoms with Crippen LogP contribution in [0, 0.1) is 5.92 Å². The number of carbonyl (C=O) groups is 1. The number of nitrogens with one attached hydrogen (secondary N) is 2. The number of aliphatic hydroxyl groups is 1. The minimum Gasteiger partial charge on any atom is -0.390 e. The number of rotatable bonds is 6. The summed E-state index contributed by atoms with van der Waals surface area (Å²) in [5, 5.41) is 12.3. The van der Waals surface area contributed by atoms with Crippen LogP contribution in [0.2, 0.25) is 0 Å². The van der Waals surface area contributed by atoms with Crippen LogP contribution >= 0.6 is 0 Å². The molecule has 1 aliphatic rings. The predicted molar refractivity (Wildman–Crippen MR) is 127 cm³/mol. The van der Waals surface area contributed by atoms with Crippen LogP contribution in [0.5, 0.6) is 0 Å². The number of hydrogen-bond acceptors (Lipinski definition) is 4. The Morgan fingerprint density at radius 2 is 2.06 bits per heavy atom. The van der Waals surface area contributed by atoms with E-state index in [0.29, 0.717) is 23.2 Å². The van der Waals surface area contributed by atoms with Crippen LogP contribution in [0.3, 0.4) is 0 Å². The van der Waals surface area contributed by atoms with Crippen LogP contribution in [0.25, 0.3) is 22.0 Å². The van der Waals surface area contributed by atoms with E-state index >= 15 is 0 Å². The molecule has 0 radical (unpaired) electrons. The lowest BCUT2D eigenvalue weighted by Crippen LogP contribution is -2.34. The van der Waals surface area contributed by atoms with Gasteiger partial charge in [0.15, 0.2) is 0 Å². The topological polar surface area (TPSA) is 125 Å². The normalized spacial score (nSPS) is 16.5. The van der Waals surface area contributed by atoms with E-state index in [4.69, 9.17) is 5.73 Å². The van der Waals surface area contributed by atoms with E-state index in [9.17, 15) is 18.3 Å². The molecule has 5 N–H and O–H groups in total. The lowest BCUT2D eigenvalue weighted by Gasteiger charge is -2.32. The molecule has 1 atom stereocenters. The van der Waals surface area contributed by atoms with Crippen molar-refractivity contribution in [2.24, 2.45) is 11.7 Å². The summed E-state index contributed by atoms with van der Waals surface area (Å²) in [6.45, 7) is 6.97. The molecule has 1 amide bonds. The molecule has 2 aromatic carbocycles. The second-order valence-corrected chi connectivity index (χ2v) is 10.5. The van der Waals surface area contributed by atoms with E-state index in [1.54, 1.807) is 24.3 Å². The summed E-state index contributed by atoms with van der Waals surface area (Å²) in [5.74, 6) is -0.424. The number of fused-ring (bicyclic) bond motifs is 3. The Bertz CT molecular complexity index is 1330. The fourth-order valence-electron chi connectivity index (χ4n) is 4.55. The molecular weight excluding hydrogens is 426 g/mol. The molecule has 0 bridgehead atoms. The number of anilines is 1. The summed E-state index contributed by atoms with van der Waals surface area (Å²) < 4.78 is 26.3. The van der Waals surface area contributed by atoms with E-state index in [1.165, 1.54) is 0 Å². The van der Waals surface area contributed by atoms with E-state index in [0.717, 1.165) is 46.0 Å². The number of aromatic amines is 1. The van der Waals surface area contributed by atoms with Crippen LogP contribution in [0.15, 0.2) is 48.4 Å². The van der Waals surface area contributed by atoms with E-state index in [-0.39, 0.29) is 5.92 Å². The average molecular weight is 454 g/mol. The molecule has 168 valence electrons. The molecule has 0 saturated carbocycles. The standard InChI is InChI=1S/C24H27N3O4S/c1-4-32(30,31)27-16-7-5-6-14(12-16)17-10-11-19(23(25)28)22-21(17)18-9-8-15(24(2,3)29)13-20(18)26-22/h4-7,10-12,15,26-27,29H,1,8-9,13H2,2-3H3,(H2,25,28). The first-order valence-electron chi connectivity index (χ1n) is 10.4. The second kappa shape index (κ2) is 7.79. The minimum atomic E-state index is -3.63. The van der Waals surface area contributed by atoms with E-state index < -0.39 is 21.5 Å². The van der Waals surface area contributed by atoms with Crippen LogP contribution in [-0.4, -0.2) is 30.0 Å². The van der Waals surface area contributed by atoms with Gasteiger partial charge in [-0.2, -0.15) is 0 Å². The number of H-pyrrole nitrogens is 1. The molecule has 32 heavy (non-hydrogen) atoms. The van der Waals surface area contributed by atoms with Crippen molar-refractivity contribution in [2.45, 2.75) is 38.7 Å². The summed E-state index contributed by atoms with van der Waals surface area (Å²) in [6, 6.07) is 10.6. The highest BCUT2D eigenvalue weighted by molar-refractivity contribution is 7.95. The van der Waals surface area contributed by atoms with Gasteiger partial charge in [0.2, 0.25) is 0 Å². The first-order chi connectivity index (χ1) is 15.0. The maximum atomic E-state index is 12.1. The van der Waals surface area contributed by atoms with Crippen LogP contribution in [-0.2, 0) is 22.9 Å². The largest absolute Gasteiger partial charge is 0.390 e. The van der Waals surface area contributed by atoms with Gasteiger partial charge in [-0.3, -0.25) is 9.52 Å². The third kappa shape index (κ3) is 4.03. The Hall–Kier alpha value is -3.10. The van der Waals surface area contributed by atoms with Gasteiger partial charge in [0, 0.05) is 22.2 Å². The lowest BCUT2D eigenvalue weighted by atomic mass is 9.77. The van der Waals surface area contributed by atoms with Gasteiger partial charge >= 0.3 is 0 Å². The van der Waals surface area contributed by atoms with Crippen LogP contribution < -0.4 is 10.5 Å². The third-order valence-corrected chi connectivity index (χ3v) is 7.22. The number of aromatic nitrogens is 1. The number of benzene rings is 2. The Morgan fingerprint density at radius 1 is 1.31 bits per heavy atom. The molecular formula is C24H27N3O4S. The summed E-state index contributed by atoms with van der Waals surface area (Å²) in [7, 11) is -3.63.